The van der Waals surface area contributed by atoms with Gasteiger partial charge in [-0.2, -0.15) is 5.10 Å². The highest BCUT2D eigenvalue weighted by Crippen LogP contribution is 2.38. The summed E-state index contributed by atoms with van der Waals surface area (Å²) in [4.78, 5) is 15.9. The normalized spacial score (nSPS) is 21.0. The van der Waals surface area contributed by atoms with Gasteiger partial charge in [-0.25, -0.2) is 22.8 Å². The van der Waals surface area contributed by atoms with Gasteiger partial charge in [0, 0.05) is 37.7 Å². The third kappa shape index (κ3) is 3.86. The van der Waals surface area contributed by atoms with Crippen LogP contribution in [0.2, 0.25) is 0 Å². The van der Waals surface area contributed by atoms with Crippen LogP contribution in [0.1, 0.15) is 41.5 Å². The summed E-state index contributed by atoms with van der Waals surface area (Å²) in [6.07, 6.45) is 8.65. The number of anilines is 1. The second kappa shape index (κ2) is 8.57. The summed E-state index contributed by atoms with van der Waals surface area (Å²) < 4.78 is 29.1. The van der Waals surface area contributed by atoms with Crippen molar-refractivity contribution in [2.24, 2.45) is 10.3 Å². The maximum Gasteiger partial charge on any atom is 0.331 e. The van der Waals surface area contributed by atoms with Crippen molar-refractivity contribution in [2.45, 2.75) is 56.4 Å². The van der Waals surface area contributed by atoms with Crippen LogP contribution in [0.15, 0.2) is 21.5 Å². The molecule has 2 N–H and O–H groups in total. The molecule has 182 valence electrons. The molecule has 6 rings (SSSR count). The van der Waals surface area contributed by atoms with E-state index in [-0.39, 0.29) is 0 Å². The molecule has 3 heterocycles. The lowest BCUT2D eigenvalue weighted by Crippen LogP contribution is -2.45. The first-order valence-corrected chi connectivity index (χ1v) is 13.9. The molecule has 1 atom stereocenters. The number of aryl methyl sites for hydroxylation is 3. The second-order valence-electron chi connectivity index (χ2n) is 9.95. The van der Waals surface area contributed by atoms with Crippen molar-refractivity contribution >= 4 is 21.6 Å². The lowest BCUT2D eigenvalue weighted by atomic mass is 9.99. The van der Waals surface area contributed by atoms with Crippen molar-refractivity contribution in [1.82, 2.24) is 19.4 Å². The van der Waals surface area contributed by atoms with E-state index in [4.69, 9.17) is 4.74 Å². The molecule has 0 spiro atoms. The van der Waals surface area contributed by atoms with E-state index in [9.17, 15) is 9.00 Å². The van der Waals surface area contributed by atoms with E-state index in [1.54, 1.807) is 4.68 Å². The molecule has 2 aliphatic carbocycles. The summed E-state index contributed by atoms with van der Waals surface area (Å²) in [5.41, 5.74) is 6.09. The second-order valence-corrected chi connectivity index (χ2v) is 11.9. The van der Waals surface area contributed by atoms with Crippen LogP contribution >= 0.6 is 0 Å². The molecule has 9 nitrogen and oxygen atoms in total. The van der Waals surface area contributed by atoms with Gasteiger partial charge in [-0.3, -0.25) is 0 Å². The first kappa shape index (κ1) is 21.9. The van der Waals surface area contributed by atoms with Crippen LogP contribution in [0.4, 0.5) is 10.5 Å². The first-order valence-electron chi connectivity index (χ1n) is 12.4. The van der Waals surface area contributed by atoms with E-state index >= 15 is 0 Å². The molecule has 0 bridgehead atoms. The quantitative estimate of drug-likeness (QED) is 0.680. The zero-order chi connectivity index (χ0) is 23.3. The highest BCUT2D eigenvalue weighted by atomic mass is 32.2. The van der Waals surface area contributed by atoms with Crippen LogP contribution in [0, 0.1) is 5.92 Å². The van der Waals surface area contributed by atoms with E-state index in [1.165, 1.54) is 28.5 Å². The number of urea groups is 1. The lowest BCUT2D eigenvalue weighted by Gasteiger charge is -2.35. The van der Waals surface area contributed by atoms with E-state index < -0.39 is 15.9 Å². The van der Waals surface area contributed by atoms with Crippen molar-refractivity contribution in [3.8, 4) is 5.88 Å². The highest BCUT2D eigenvalue weighted by molar-refractivity contribution is 7.92. The topological polar surface area (TPSA) is 101 Å². The molecule has 0 radical (unpaired) electrons. The van der Waals surface area contributed by atoms with Gasteiger partial charge in [0.05, 0.1) is 19.3 Å². The van der Waals surface area contributed by atoms with Crippen molar-refractivity contribution in [1.29, 1.82) is 0 Å². The summed E-state index contributed by atoms with van der Waals surface area (Å²) in [5, 5.41) is 7.45. The third-order valence-electron chi connectivity index (χ3n) is 7.41. The number of likely N-dealkylation sites (tertiary alicyclic amines) is 1. The summed E-state index contributed by atoms with van der Waals surface area (Å²) in [7, 11) is -1.21. The van der Waals surface area contributed by atoms with Crippen molar-refractivity contribution in [3.63, 3.8) is 0 Å². The van der Waals surface area contributed by atoms with Gasteiger partial charge >= 0.3 is 6.03 Å². The number of nitrogens with zero attached hydrogens (tertiary/aromatic N) is 4. The molecule has 2 aliphatic heterocycles. The fourth-order valence-corrected chi connectivity index (χ4v) is 7.41. The Morgan fingerprint density at radius 1 is 1.18 bits per heavy atom. The van der Waals surface area contributed by atoms with Gasteiger partial charge in [0.15, 0.2) is 9.92 Å². The number of benzene rings is 1. The van der Waals surface area contributed by atoms with Crippen LogP contribution in [0.5, 0.6) is 5.88 Å². The Balaban J connectivity index is 1.31. The van der Waals surface area contributed by atoms with E-state index in [1.807, 2.05) is 0 Å². The molecule has 10 heteroatoms. The van der Waals surface area contributed by atoms with Crippen LogP contribution in [-0.2, 0) is 42.1 Å². The van der Waals surface area contributed by atoms with Gasteiger partial charge in [0.1, 0.15) is 4.90 Å². The van der Waals surface area contributed by atoms with E-state index in [2.05, 4.69) is 37.5 Å². The number of ether oxygens (including phenoxy) is 1. The van der Waals surface area contributed by atoms with E-state index in [0.29, 0.717) is 36.4 Å². The maximum atomic E-state index is 14.2. The molecule has 1 aromatic heterocycles. The smallest absolute Gasteiger partial charge is 0.331 e. The zero-order valence-electron chi connectivity index (χ0n) is 19.6. The largest absolute Gasteiger partial charge is 0.477 e. The average molecular weight is 485 g/mol. The fraction of sp³-hybridized carbons (Fsp3) is 0.583. The molecule has 1 aromatic carbocycles. The number of amides is 2. The van der Waals surface area contributed by atoms with Crippen LogP contribution in [0.25, 0.3) is 0 Å². The SMILES string of the molecule is CN1CC(CN=S(=O)(NC(=O)Nc2c3c(cc4c2CCC4)CCC3)c2cnn3c2OCCC3)C1. The van der Waals surface area contributed by atoms with Crippen LogP contribution in [-0.4, -0.2) is 58.2 Å². The fourth-order valence-electron chi connectivity index (χ4n) is 5.78. The zero-order valence-corrected chi connectivity index (χ0v) is 20.5. The Morgan fingerprint density at radius 3 is 2.62 bits per heavy atom. The molecule has 2 amide bonds. The summed E-state index contributed by atoms with van der Waals surface area (Å²) >= 11 is 0. The number of carbonyl (C=O) groups excluding carboxylic acids is 1. The number of fused-ring (bicyclic) bond motifs is 3. The lowest BCUT2D eigenvalue weighted by molar-refractivity contribution is 0.141. The van der Waals surface area contributed by atoms with Gasteiger partial charge in [-0.15, -0.1) is 0 Å². The molecule has 4 aliphatic rings. The molecule has 1 saturated heterocycles. The van der Waals surface area contributed by atoms with Crippen molar-refractivity contribution in [2.75, 3.05) is 38.6 Å². The van der Waals surface area contributed by atoms with Gasteiger partial charge in [0.25, 0.3) is 0 Å². The standard InChI is InChI=1S/C24H32N6O3S/c1-29-14-16(15-29)12-26-34(32,21-13-25-30-9-4-10-33-23(21)30)28-24(31)27-22-19-7-2-5-17(19)11-18-6-3-8-20(18)22/h11,13,16H,2-10,12,14-15H2,1H3,(H2,26,27,28,31,32). The Hall–Kier alpha value is -2.59. The number of carbonyl (C=O) groups is 1. The number of rotatable bonds is 5. The Morgan fingerprint density at radius 2 is 1.91 bits per heavy atom. The number of hydrogen-bond donors (Lipinski definition) is 2. The highest BCUT2D eigenvalue weighted by Gasteiger charge is 2.30. The summed E-state index contributed by atoms with van der Waals surface area (Å²) in [6.45, 7) is 3.49. The van der Waals surface area contributed by atoms with E-state index in [0.717, 1.165) is 63.7 Å². The molecular weight excluding hydrogens is 452 g/mol. The first-order chi connectivity index (χ1) is 16.5. The maximum absolute atomic E-state index is 14.2. The molecule has 0 saturated carbocycles. The Labute approximate surface area is 200 Å². The number of nitrogens with one attached hydrogen (secondary N) is 2. The van der Waals surface area contributed by atoms with Gasteiger partial charge < -0.3 is 15.0 Å². The molecule has 1 fully saturated rings. The van der Waals surface area contributed by atoms with Gasteiger partial charge in [-0.05, 0) is 67.8 Å². The predicted octanol–water partition coefficient (Wildman–Crippen LogP) is 2.77. The minimum Gasteiger partial charge on any atom is -0.477 e. The Bertz CT molecular complexity index is 1220. The van der Waals surface area contributed by atoms with Crippen LogP contribution in [0.3, 0.4) is 0 Å². The predicted molar refractivity (Wildman–Crippen MR) is 130 cm³/mol. The minimum absolute atomic E-state index is 0.337. The van der Waals surface area contributed by atoms with Crippen molar-refractivity contribution < 1.29 is 13.7 Å². The van der Waals surface area contributed by atoms with Crippen molar-refractivity contribution in [3.05, 3.63) is 34.5 Å². The van der Waals surface area contributed by atoms with Crippen LogP contribution < -0.4 is 14.8 Å². The number of aromatic nitrogens is 2. The number of hydrogen-bond acceptors (Lipinski definition) is 6. The average Bonchev–Trinajstić information content (AvgIpc) is 3.54. The van der Waals surface area contributed by atoms with Gasteiger partial charge in [0.2, 0.25) is 5.88 Å². The van der Waals surface area contributed by atoms with Gasteiger partial charge in [-0.1, -0.05) is 6.07 Å². The Kier molecular flexibility index (Phi) is 5.52. The summed E-state index contributed by atoms with van der Waals surface area (Å²) in [5.74, 6) is 0.788. The molecular formula is C24H32N6O3S. The molecule has 2 aromatic rings. The summed E-state index contributed by atoms with van der Waals surface area (Å²) in [6, 6.07) is 1.85. The monoisotopic (exact) mass is 484 g/mol. The minimum atomic E-state index is -3.27. The molecule has 34 heavy (non-hydrogen) atoms. The molecule has 1 unspecified atom stereocenters. The third-order valence-corrected chi connectivity index (χ3v) is 9.26.